The normalized spacial score (nSPS) is 15.0. The molecule has 2 heterocycles. The van der Waals surface area contributed by atoms with E-state index in [1.165, 1.54) is 0 Å². The van der Waals surface area contributed by atoms with Gasteiger partial charge in [0.05, 0.1) is 6.54 Å². The number of carbonyl (C=O) groups is 1. The summed E-state index contributed by atoms with van der Waals surface area (Å²) in [6.07, 6.45) is -9.43. The molecule has 0 fully saturated rings. The van der Waals surface area contributed by atoms with Crippen LogP contribution in [0.1, 0.15) is 67.0 Å². The van der Waals surface area contributed by atoms with Gasteiger partial charge in [-0.3, -0.25) is 14.2 Å². The van der Waals surface area contributed by atoms with Crippen LogP contribution in [-0.4, -0.2) is 32.0 Å². The molecule has 1 amide bonds. The lowest BCUT2D eigenvalue weighted by molar-refractivity contribution is -0.142. The highest BCUT2D eigenvalue weighted by molar-refractivity contribution is 5.80. The van der Waals surface area contributed by atoms with Crippen LogP contribution in [0.4, 0.5) is 30.7 Å². The fraction of sp³-hybridized carbons (Fsp3) is 0.611. The van der Waals surface area contributed by atoms with Crippen LogP contribution in [0.15, 0.2) is 6.07 Å². The van der Waals surface area contributed by atoms with E-state index in [1.807, 2.05) is 0 Å². The van der Waals surface area contributed by atoms with Crippen molar-refractivity contribution in [3.63, 3.8) is 0 Å². The largest absolute Gasteiger partial charge is 0.435 e. The van der Waals surface area contributed by atoms with Crippen molar-refractivity contribution in [2.45, 2.75) is 64.2 Å². The molecule has 0 aliphatic heterocycles. The van der Waals surface area contributed by atoms with E-state index in [-0.39, 0.29) is 31.5 Å². The number of aromatic nitrogens is 4. The van der Waals surface area contributed by atoms with Crippen LogP contribution in [0.3, 0.4) is 0 Å². The molecule has 1 aliphatic rings. The monoisotopic (exact) mass is 455 g/mol. The SMILES string of the molecule is CCC(C(=O)NCCn1nc(C(F)F)cc1C(F)F)n1nc(C(F)(F)F)c2c1CCC2. The zero-order valence-corrected chi connectivity index (χ0v) is 16.4. The number of halogens is 7. The van der Waals surface area contributed by atoms with E-state index in [2.05, 4.69) is 15.5 Å². The van der Waals surface area contributed by atoms with Gasteiger partial charge in [-0.05, 0) is 31.7 Å². The first kappa shape index (κ1) is 23.1. The summed E-state index contributed by atoms with van der Waals surface area (Å²) in [5.74, 6) is -0.645. The summed E-state index contributed by atoms with van der Waals surface area (Å²) in [5.41, 5.74) is -2.06. The van der Waals surface area contributed by atoms with Crippen LogP contribution in [-0.2, 0) is 30.4 Å². The minimum absolute atomic E-state index is 0.0939. The lowest BCUT2D eigenvalue weighted by atomic mass is 10.1. The second kappa shape index (κ2) is 8.87. The Balaban J connectivity index is 1.73. The second-order valence-corrected chi connectivity index (χ2v) is 7.10. The first-order valence-corrected chi connectivity index (χ1v) is 9.63. The number of carbonyl (C=O) groups excluding carboxylic acids is 1. The number of amides is 1. The van der Waals surface area contributed by atoms with Crippen LogP contribution < -0.4 is 5.32 Å². The second-order valence-electron chi connectivity index (χ2n) is 7.10. The molecular weight excluding hydrogens is 435 g/mol. The molecule has 2 aromatic rings. The topological polar surface area (TPSA) is 64.7 Å². The maximum absolute atomic E-state index is 13.3. The summed E-state index contributed by atoms with van der Waals surface area (Å²) < 4.78 is 93.1. The highest BCUT2D eigenvalue weighted by atomic mass is 19.4. The van der Waals surface area contributed by atoms with Gasteiger partial charge in [-0.2, -0.15) is 23.4 Å². The number of rotatable bonds is 8. The van der Waals surface area contributed by atoms with Gasteiger partial charge in [-0.15, -0.1) is 0 Å². The Morgan fingerprint density at radius 1 is 1.16 bits per heavy atom. The fourth-order valence-corrected chi connectivity index (χ4v) is 3.74. The molecule has 0 radical (unpaired) electrons. The van der Waals surface area contributed by atoms with Crippen LogP contribution in [0.5, 0.6) is 0 Å². The van der Waals surface area contributed by atoms with E-state index in [0.29, 0.717) is 29.3 Å². The lowest BCUT2D eigenvalue weighted by Crippen LogP contribution is -2.35. The summed E-state index contributed by atoms with van der Waals surface area (Å²) in [4.78, 5) is 12.6. The van der Waals surface area contributed by atoms with Gasteiger partial charge in [0.2, 0.25) is 5.91 Å². The van der Waals surface area contributed by atoms with Crippen molar-refractivity contribution in [2.24, 2.45) is 0 Å². The van der Waals surface area contributed by atoms with Crippen LogP contribution in [0.2, 0.25) is 0 Å². The Hall–Kier alpha value is -2.60. The van der Waals surface area contributed by atoms with Crippen molar-refractivity contribution in [3.8, 4) is 0 Å². The first-order chi connectivity index (χ1) is 14.5. The van der Waals surface area contributed by atoms with E-state index in [4.69, 9.17) is 0 Å². The lowest BCUT2D eigenvalue weighted by Gasteiger charge is -2.18. The van der Waals surface area contributed by atoms with Crippen molar-refractivity contribution in [1.29, 1.82) is 0 Å². The molecule has 0 saturated carbocycles. The smallest absolute Gasteiger partial charge is 0.352 e. The van der Waals surface area contributed by atoms with Crippen LogP contribution in [0, 0.1) is 0 Å². The standard InChI is InChI=1S/C18H20F7N5O/c1-2-11(30-12-5-3-4-9(12)14(28-30)18(23,24)25)17(31)26-6-7-29-13(16(21)22)8-10(27-29)15(19)20/h8,11,15-16H,2-7H2,1H3,(H,26,31). The van der Waals surface area contributed by atoms with E-state index in [1.54, 1.807) is 6.92 Å². The molecule has 31 heavy (non-hydrogen) atoms. The zero-order chi connectivity index (χ0) is 22.9. The molecule has 1 atom stereocenters. The van der Waals surface area contributed by atoms with Crippen molar-refractivity contribution < 1.29 is 35.5 Å². The van der Waals surface area contributed by atoms with Crippen LogP contribution >= 0.6 is 0 Å². The van der Waals surface area contributed by atoms with Gasteiger partial charge in [0.15, 0.2) is 5.69 Å². The van der Waals surface area contributed by atoms with Crippen molar-refractivity contribution >= 4 is 5.91 Å². The summed E-state index contributed by atoms with van der Waals surface area (Å²) in [7, 11) is 0. The molecule has 1 unspecified atom stereocenters. The molecule has 13 heteroatoms. The number of nitrogens with one attached hydrogen (secondary N) is 1. The molecular formula is C18H20F7N5O. The van der Waals surface area contributed by atoms with Gasteiger partial charge in [-0.25, -0.2) is 17.6 Å². The van der Waals surface area contributed by atoms with E-state index in [9.17, 15) is 35.5 Å². The van der Waals surface area contributed by atoms with Gasteiger partial charge in [0.1, 0.15) is 17.4 Å². The van der Waals surface area contributed by atoms with Crippen molar-refractivity contribution in [3.05, 3.63) is 34.4 Å². The third-order valence-electron chi connectivity index (χ3n) is 5.11. The minimum atomic E-state index is -4.64. The quantitative estimate of drug-likeness (QED) is 0.606. The predicted molar refractivity (Wildman–Crippen MR) is 93.7 cm³/mol. The van der Waals surface area contributed by atoms with Gasteiger partial charge < -0.3 is 5.32 Å². The molecule has 2 aromatic heterocycles. The average Bonchev–Trinajstić information content (AvgIpc) is 3.37. The van der Waals surface area contributed by atoms with Crippen molar-refractivity contribution in [2.75, 3.05) is 6.54 Å². The predicted octanol–water partition coefficient (Wildman–Crippen LogP) is 4.23. The Morgan fingerprint density at radius 3 is 2.45 bits per heavy atom. The first-order valence-electron chi connectivity index (χ1n) is 9.63. The van der Waals surface area contributed by atoms with Crippen molar-refractivity contribution in [1.82, 2.24) is 24.9 Å². The van der Waals surface area contributed by atoms with E-state index >= 15 is 0 Å². The zero-order valence-electron chi connectivity index (χ0n) is 16.4. The highest BCUT2D eigenvalue weighted by Crippen LogP contribution is 2.37. The molecule has 6 nitrogen and oxygen atoms in total. The molecule has 1 N–H and O–H groups in total. The molecule has 1 aliphatic carbocycles. The Morgan fingerprint density at radius 2 is 1.87 bits per heavy atom. The number of alkyl halides is 7. The third-order valence-corrected chi connectivity index (χ3v) is 5.11. The molecule has 0 aromatic carbocycles. The van der Waals surface area contributed by atoms with Gasteiger partial charge in [-0.1, -0.05) is 6.92 Å². The highest BCUT2D eigenvalue weighted by Gasteiger charge is 2.41. The van der Waals surface area contributed by atoms with Gasteiger partial charge in [0, 0.05) is 17.8 Å². The molecule has 172 valence electrons. The maximum Gasteiger partial charge on any atom is 0.435 e. The minimum Gasteiger partial charge on any atom is -0.352 e. The molecule has 0 bridgehead atoms. The number of hydrogen-bond donors (Lipinski definition) is 1. The molecule has 3 rings (SSSR count). The maximum atomic E-state index is 13.3. The molecule has 0 spiro atoms. The number of fused-ring (bicyclic) bond motifs is 1. The fourth-order valence-electron chi connectivity index (χ4n) is 3.74. The summed E-state index contributed by atoms with van der Waals surface area (Å²) in [6, 6.07) is -0.427. The summed E-state index contributed by atoms with van der Waals surface area (Å²) >= 11 is 0. The van der Waals surface area contributed by atoms with E-state index < -0.39 is 48.1 Å². The Labute approximate surface area is 172 Å². The average molecular weight is 455 g/mol. The molecule has 0 saturated heterocycles. The van der Waals surface area contributed by atoms with Crippen LogP contribution in [0.25, 0.3) is 0 Å². The third kappa shape index (κ3) is 4.69. The van der Waals surface area contributed by atoms with Gasteiger partial charge in [0.25, 0.3) is 12.9 Å². The van der Waals surface area contributed by atoms with E-state index in [0.717, 1.165) is 4.68 Å². The Kier molecular flexibility index (Phi) is 6.60. The summed E-state index contributed by atoms with van der Waals surface area (Å²) in [5, 5.41) is 9.52. The van der Waals surface area contributed by atoms with Gasteiger partial charge >= 0.3 is 6.18 Å². The summed E-state index contributed by atoms with van der Waals surface area (Å²) in [6.45, 7) is 1.08. The Bertz CT molecular complexity index is 935. The number of hydrogen-bond acceptors (Lipinski definition) is 3. The number of nitrogens with zero attached hydrogens (tertiary/aromatic N) is 4.